The summed E-state index contributed by atoms with van der Waals surface area (Å²) in [6, 6.07) is 9.04. The van der Waals surface area contributed by atoms with Crippen molar-refractivity contribution in [1.29, 1.82) is 5.26 Å². The van der Waals surface area contributed by atoms with Crippen molar-refractivity contribution in [2.24, 2.45) is 0 Å². The van der Waals surface area contributed by atoms with Crippen molar-refractivity contribution in [1.82, 2.24) is 5.32 Å². The molecular formula is C16H13FN2O3. The van der Waals surface area contributed by atoms with Crippen LogP contribution in [0.25, 0.3) is 6.08 Å². The van der Waals surface area contributed by atoms with E-state index in [9.17, 15) is 9.18 Å². The number of benzene rings is 1. The van der Waals surface area contributed by atoms with Gasteiger partial charge in [0, 0.05) is 5.56 Å². The summed E-state index contributed by atoms with van der Waals surface area (Å²) in [7, 11) is 1.42. The molecule has 0 bridgehead atoms. The Hall–Kier alpha value is -3.07. The number of nitriles is 1. The zero-order valence-electron chi connectivity index (χ0n) is 11.8. The van der Waals surface area contributed by atoms with Crippen LogP contribution in [-0.2, 0) is 11.3 Å². The van der Waals surface area contributed by atoms with Gasteiger partial charge in [0.2, 0.25) is 0 Å². The molecule has 0 saturated carbocycles. The van der Waals surface area contributed by atoms with Gasteiger partial charge >= 0.3 is 0 Å². The Labute approximate surface area is 126 Å². The standard InChI is InChI=1S/C16H13FN2O3/c1-21-15-5-4-13(17)8-11(15)7-12(9-18)16(20)19-10-14-3-2-6-22-14/h2-8H,10H2,1H3,(H,19,20)/b12-7+. The Morgan fingerprint density at radius 3 is 2.95 bits per heavy atom. The maximum absolute atomic E-state index is 13.3. The van der Waals surface area contributed by atoms with Crippen molar-refractivity contribution in [2.45, 2.75) is 6.54 Å². The number of amides is 1. The minimum Gasteiger partial charge on any atom is -0.496 e. The lowest BCUT2D eigenvalue weighted by Gasteiger charge is -2.06. The van der Waals surface area contributed by atoms with Gasteiger partial charge in [0.15, 0.2) is 0 Å². The molecule has 0 fully saturated rings. The third kappa shape index (κ3) is 3.73. The minimum atomic E-state index is -0.579. The molecule has 112 valence electrons. The van der Waals surface area contributed by atoms with Gasteiger partial charge in [0.25, 0.3) is 5.91 Å². The van der Waals surface area contributed by atoms with E-state index in [2.05, 4.69) is 5.32 Å². The molecular weight excluding hydrogens is 287 g/mol. The first-order chi connectivity index (χ1) is 10.6. The molecule has 22 heavy (non-hydrogen) atoms. The van der Waals surface area contributed by atoms with E-state index in [1.807, 2.05) is 0 Å². The fourth-order valence-corrected chi connectivity index (χ4v) is 1.80. The third-order valence-corrected chi connectivity index (χ3v) is 2.86. The molecule has 1 amide bonds. The predicted octanol–water partition coefficient (Wildman–Crippen LogP) is 2.65. The summed E-state index contributed by atoms with van der Waals surface area (Å²) in [5, 5.41) is 11.7. The van der Waals surface area contributed by atoms with Crippen LogP contribution in [0.2, 0.25) is 0 Å². The number of carbonyl (C=O) groups is 1. The van der Waals surface area contributed by atoms with Crippen LogP contribution < -0.4 is 10.1 Å². The zero-order chi connectivity index (χ0) is 15.9. The molecule has 0 aliphatic carbocycles. The number of nitrogens with one attached hydrogen (secondary N) is 1. The summed E-state index contributed by atoms with van der Waals surface area (Å²) in [4.78, 5) is 12.0. The van der Waals surface area contributed by atoms with Gasteiger partial charge in [-0.05, 0) is 36.4 Å². The Morgan fingerprint density at radius 1 is 1.50 bits per heavy atom. The van der Waals surface area contributed by atoms with Crippen molar-refractivity contribution in [3.05, 3.63) is 59.3 Å². The highest BCUT2D eigenvalue weighted by atomic mass is 19.1. The molecule has 1 aromatic carbocycles. The molecule has 2 aromatic rings. The fraction of sp³-hybridized carbons (Fsp3) is 0.125. The van der Waals surface area contributed by atoms with Crippen molar-refractivity contribution in [2.75, 3.05) is 7.11 Å². The smallest absolute Gasteiger partial charge is 0.262 e. The van der Waals surface area contributed by atoms with E-state index in [1.54, 1.807) is 18.2 Å². The first-order valence-corrected chi connectivity index (χ1v) is 6.40. The number of hydrogen-bond donors (Lipinski definition) is 1. The summed E-state index contributed by atoms with van der Waals surface area (Å²) in [5.41, 5.74) is 0.155. The van der Waals surface area contributed by atoms with E-state index in [-0.39, 0.29) is 12.1 Å². The monoisotopic (exact) mass is 300 g/mol. The number of halogens is 1. The lowest BCUT2D eigenvalue weighted by atomic mass is 10.1. The van der Waals surface area contributed by atoms with Crippen LogP contribution in [0.1, 0.15) is 11.3 Å². The molecule has 1 N–H and O–H groups in total. The van der Waals surface area contributed by atoms with Gasteiger partial charge in [-0.1, -0.05) is 0 Å². The normalized spacial score (nSPS) is 10.9. The van der Waals surface area contributed by atoms with Gasteiger partial charge in [0.05, 0.1) is 19.9 Å². The van der Waals surface area contributed by atoms with Gasteiger partial charge in [-0.25, -0.2) is 4.39 Å². The number of methoxy groups -OCH3 is 1. The molecule has 0 saturated heterocycles. The molecule has 1 heterocycles. The fourth-order valence-electron chi connectivity index (χ4n) is 1.80. The molecule has 0 radical (unpaired) electrons. The van der Waals surface area contributed by atoms with E-state index in [0.29, 0.717) is 17.1 Å². The molecule has 0 aliphatic rings. The van der Waals surface area contributed by atoms with Gasteiger partial charge in [-0.3, -0.25) is 4.79 Å². The second-order valence-corrected chi connectivity index (χ2v) is 4.32. The van der Waals surface area contributed by atoms with Crippen molar-refractivity contribution >= 4 is 12.0 Å². The first kappa shape index (κ1) is 15.3. The van der Waals surface area contributed by atoms with E-state index in [1.165, 1.54) is 37.6 Å². The average molecular weight is 300 g/mol. The molecule has 6 heteroatoms. The van der Waals surface area contributed by atoms with E-state index >= 15 is 0 Å². The van der Waals surface area contributed by atoms with Crippen LogP contribution in [-0.4, -0.2) is 13.0 Å². The Bertz CT molecular complexity index is 730. The number of hydrogen-bond acceptors (Lipinski definition) is 4. The third-order valence-electron chi connectivity index (χ3n) is 2.86. The second kappa shape index (κ2) is 7.09. The highest BCUT2D eigenvalue weighted by Crippen LogP contribution is 2.22. The van der Waals surface area contributed by atoms with Crippen LogP contribution in [0.5, 0.6) is 5.75 Å². The van der Waals surface area contributed by atoms with Crippen LogP contribution in [0.4, 0.5) is 4.39 Å². The first-order valence-electron chi connectivity index (χ1n) is 6.40. The van der Waals surface area contributed by atoms with Crippen molar-refractivity contribution < 1.29 is 18.3 Å². The molecule has 2 rings (SSSR count). The Kier molecular flexibility index (Phi) is 4.94. The van der Waals surface area contributed by atoms with Gasteiger partial charge in [0.1, 0.15) is 29.0 Å². The van der Waals surface area contributed by atoms with Gasteiger partial charge < -0.3 is 14.5 Å². The largest absolute Gasteiger partial charge is 0.496 e. The quantitative estimate of drug-likeness (QED) is 0.680. The number of nitrogens with zero attached hydrogens (tertiary/aromatic N) is 1. The van der Waals surface area contributed by atoms with Gasteiger partial charge in [-0.2, -0.15) is 5.26 Å². The van der Waals surface area contributed by atoms with E-state index < -0.39 is 11.7 Å². The van der Waals surface area contributed by atoms with E-state index in [0.717, 1.165) is 0 Å². The summed E-state index contributed by atoms with van der Waals surface area (Å²) in [5.74, 6) is -0.132. The molecule has 0 spiro atoms. The van der Waals surface area contributed by atoms with Crippen LogP contribution >= 0.6 is 0 Å². The maximum Gasteiger partial charge on any atom is 0.262 e. The molecule has 0 unspecified atom stereocenters. The molecule has 5 nitrogen and oxygen atoms in total. The lowest BCUT2D eigenvalue weighted by Crippen LogP contribution is -2.23. The van der Waals surface area contributed by atoms with Gasteiger partial charge in [-0.15, -0.1) is 0 Å². The van der Waals surface area contributed by atoms with Crippen molar-refractivity contribution in [3.63, 3.8) is 0 Å². The average Bonchev–Trinajstić information content (AvgIpc) is 3.04. The number of carbonyl (C=O) groups excluding carboxylic acids is 1. The topological polar surface area (TPSA) is 75.3 Å². The summed E-state index contributed by atoms with van der Waals surface area (Å²) < 4.78 is 23.5. The van der Waals surface area contributed by atoms with Crippen LogP contribution in [0.15, 0.2) is 46.6 Å². The Morgan fingerprint density at radius 2 is 2.32 bits per heavy atom. The SMILES string of the molecule is COc1ccc(F)cc1/C=C(\C#N)C(=O)NCc1ccco1. The predicted molar refractivity (Wildman–Crippen MR) is 77.1 cm³/mol. The number of rotatable bonds is 5. The maximum atomic E-state index is 13.3. The summed E-state index contributed by atoms with van der Waals surface area (Å²) >= 11 is 0. The highest BCUT2D eigenvalue weighted by Gasteiger charge is 2.11. The lowest BCUT2D eigenvalue weighted by molar-refractivity contribution is -0.117. The number of furan rings is 1. The van der Waals surface area contributed by atoms with Crippen LogP contribution in [0, 0.1) is 17.1 Å². The second-order valence-electron chi connectivity index (χ2n) is 4.32. The van der Waals surface area contributed by atoms with E-state index in [4.69, 9.17) is 14.4 Å². The minimum absolute atomic E-state index is 0.157. The van der Waals surface area contributed by atoms with Crippen molar-refractivity contribution in [3.8, 4) is 11.8 Å². The summed E-state index contributed by atoms with van der Waals surface area (Å²) in [6.45, 7) is 0.158. The molecule has 1 aromatic heterocycles. The highest BCUT2D eigenvalue weighted by molar-refractivity contribution is 6.01. The zero-order valence-corrected chi connectivity index (χ0v) is 11.8. The Balaban J connectivity index is 2.18. The summed E-state index contributed by atoms with van der Waals surface area (Å²) in [6.07, 6.45) is 2.76. The molecule has 0 aliphatic heterocycles. The van der Waals surface area contributed by atoms with Crippen LogP contribution in [0.3, 0.4) is 0 Å². The molecule has 0 atom stereocenters. The number of ether oxygens (including phenoxy) is 1.